The predicted octanol–water partition coefficient (Wildman–Crippen LogP) is 11.1. The van der Waals surface area contributed by atoms with Crippen molar-refractivity contribution < 1.29 is 0 Å². The molecule has 1 nitrogen and oxygen atoms in total. The fourth-order valence-corrected chi connectivity index (χ4v) is 6.03. The molecule has 0 spiro atoms. The van der Waals surface area contributed by atoms with Crippen molar-refractivity contribution in [1.82, 2.24) is 0 Å². The van der Waals surface area contributed by atoms with E-state index in [4.69, 9.17) is 0 Å². The Hall–Kier alpha value is -5.45. The Labute approximate surface area is 240 Å². The Morgan fingerprint density at radius 3 is 1.63 bits per heavy atom. The number of allylic oxidation sites excluding steroid dienone is 1. The van der Waals surface area contributed by atoms with Crippen molar-refractivity contribution in [2.24, 2.45) is 0 Å². The van der Waals surface area contributed by atoms with E-state index in [0.29, 0.717) is 5.56 Å². The van der Waals surface area contributed by atoms with Crippen molar-refractivity contribution in [2.75, 3.05) is 0 Å². The van der Waals surface area contributed by atoms with Crippen LogP contribution < -0.4 is 0 Å². The fraction of sp³-hybridized carbons (Fsp3) is 0.0250. The highest BCUT2D eigenvalue weighted by Gasteiger charge is 2.14. The maximum absolute atomic E-state index is 10.1. The molecule has 0 aromatic heterocycles. The van der Waals surface area contributed by atoms with Crippen LogP contribution in [0.1, 0.15) is 18.1 Å². The maximum Gasteiger partial charge on any atom is 0.0992 e. The molecule has 0 atom stereocenters. The molecule has 0 bridgehead atoms. The monoisotopic (exact) mass is 521 g/mol. The number of nitriles is 1. The first-order valence-electron chi connectivity index (χ1n) is 13.9. The van der Waals surface area contributed by atoms with Crippen molar-refractivity contribution in [1.29, 1.82) is 5.26 Å². The fourth-order valence-electron chi connectivity index (χ4n) is 6.03. The summed E-state index contributed by atoms with van der Waals surface area (Å²) < 4.78 is 0. The Balaban J connectivity index is 1.44. The van der Waals surface area contributed by atoms with E-state index < -0.39 is 0 Å². The number of nitrogens with zero attached hydrogens (tertiary/aromatic N) is 1. The summed E-state index contributed by atoms with van der Waals surface area (Å²) in [5, 5.41) is 17.3. The molecule has 0 saturated heterocycles. The van der Waals surface area contributed by atoms with Gasteiger partial charge in [0, 0.05) is 0 Å². The van der Waals surface area contributed by atoms with Gasteiger partial charge in [0.2, 0.25) is 0 Å². The van der Waals surface area contributed by atoms with Crippen LogP contribution in [-0.4, -0.2) is 0 Å². The minimum atomic E-state index is 0.651. The maximum atomic E-state index is 10.1. The van der Waals surface area contributed by atoms with Crippen LogP contribution in [0.5, 0.6) is 0 Å². The van der Waals surface area contributed by atoms with Crippen LogP contribution in [0.2, 0.25) is 0 Å². The SMILES string of the molecule is C=C(C)c1ccc(-c2ccc(-c3cc(C#N)cc(-c4cc5ccccc5c5ccccc45)c3)c3ccccc23)cc1. The molecule has 41 heavy (non-hydrogen) atoms. The quantitative estimate of drug-likeness (QED) is 0.211. The van der Waals surface area contributed by atoms with Crippen molar-refractivity contribution in [3.63, 3.8) is 0 Å². The largest absolute Gasteiger partial charge is 0.192 e. The van der Waals surface area contributed by atoms with Gasteiger partial charge in [-0.2, -0.15) is 5.26 Å². The zero-order valence-electron chi connectivity index (χ0n) is 22.9. The average Bonchev–Trinajstić information content (AvgIpc) is 3.03. The molecule has 1 heteroatoms. The highest BCUT2D eigenvalue weighted by atomic mass is 14.2. The van der Waals surface area contributed by atoms with Gasteiger partial charge in [0.1, 0.15) is 0 Å². The molecule has 0 heterocycles. The van der Waals surface area contributed by atoms with Gasteiger partial charge in [-0.05, 0) is 102 Å². The molecule has 0 saturated carbocycles. The van der Waals surface area contributed by atoms with E-state index in [-0.39, 0.29) is 0 Å². The van der Waals surface area contributed by atoms with Gasteiger partial charge in [0.15, 0.2) is 0 Å². The van der Waals surface area contributed by atoms with E-state index in [0.717, 1.165) is 33.4 Å². The van der Waals surface area contributed by atoms with Gasteiger partial charge >= 0.3 is 0 Å². The van der Waals surface area contributed by atoms with Crippen LogP contribution in [0.3, 0.4) is 0 Å². The first-order chi connectivity index (χ1) is 20.1. The Bertz CT molecular complexity index is 2180. The normalized spacial score (nSPS) is 11.1. The number of benzene rings is 7. The van der Waals surface area contributed by atoms with Gasteiger partial charge < -0.3 is 0 Å². The minimum Gasteiger partial charge on any atom is -0.192 e. The van der Waals surface area contributed by atoms with Gasteiger partial charge in [0.05, 0.1) is 11.6 Å². The van der Waals surface area contributed by atoms with E-state index in [1.807, 2.05) is 19.1 Å². The van der Waals surface area contributed by atoms with Crippen molar-refractivity contribution in [2.45, 2.75) is 6.92 Å². The van der Waals surface area contributed by atoms with Gasteiger partial charge in [-0.25, -0.2) is 0 Å². The molecule has 7 aromatic carbocycles. The molecule has 0 unspecified atom stereocenters. The summed E-state index contributed by atoms with van der Waals surface area (Å²) in [6.45, 7) is 6.11. The number of fused-ring (bicyclic) bond motifs is 4. The zero-order chi connectivity index (χ0) is 27.9. The van der Waals surface area contributed by atoms with E-state index >= 15 is 0 Å². The van der Waals surface area contributed by atoms with Crippen LogP contribution in [-0.2, 0) is 0 Å². The lowest BCUT2D eigenvalue weighted by Crippen LogP contribution is -1.90. The molecule has 0 N–H and O–H groups in total. The van der Waals surface area contributed by atoms with Crippen LogP contribution in [0.4, 0.5) is 0 Å². The Morgan fingerprint density at radius 2 is 1.02 bits per heavy atom. The predicted molar refractivity (Wildman–Crippen MR) is 175 cm³/mol. The standard InChI is InChI=1S/C40H27N/c1-26(2)28-15-17-29(18-16-28)34-19-20-35(38-13-6-5-12-37(34)38)31-21-27(25-41)22-32(23-31)40-24-30-9-3-4-10-33(30)36-11-7-8-14-39(36)40/h3-24H,1H2,2H3. The van der Waals surface area contributed by atoms with Crippen LogP contribution in [0, 0.1) is 11.3 Å². The summed E-state index contributed by atoms with van der Waals surface area (Å²) in [6.07, 6.45) is 0. The molecule has 7 aromatic rings. The van der Waals surface area contributed by atoms with E-state index in [1.54, 1.807) is 0 Å². The first-order valence-corrected chi connectivity index (χ1v) is 13.9. The molecule has 0 fully saturated rings. The van der Waals surface area contributed by atoms with Crippen LogP contribution in [0.15, 0.2) is 140 Å². The molecule has 0 aliphatic heterocycles. The molecule has 0 aliphatic rings. The topological polar surface area (TPSA) is 23.8 Å². The summed E-state index contributed by atoms with van der Waals surface area (Å²) in [7, 11) is 0. The lowest BCUT2D eigenvalue weighted by Gasteiger charge is -2.15. The first kappa shape index (κ1) is 24.6. The highest BCUT2D eigenvalue weighted by molar-refractivity contribution is 6.14. The number of hydrogen-bond acceptors (Lipinski definition) is 1. The van der Waals surface area contributed by atoms with Gasteiger partial charge in [-0.1, -0.05) is 121 Å². The van der Waals surface area contributed by atoms with Crippen molar-refractivity contribution in [3.05, 3.63) is 151 Å². The summed E-state index contributed by atoms with van der Waals surface area (Å²) in [6, 6.07) is 49.6. The third kappa shape index (κ3) is 4.27. The van der Waals surface area contributed by atoms with E-state index in [9.17, 15) is 5.26 Å². The van der Waals surface area contributed by atoms with Gasteiger partial charge in [-0.15, -0.1) is 0 Å². The van der Waals surface area contributed by atoms with Gasteiger partial charge in [-0.3, -0.25) is 0 Å². The summed E-state index contributed by atoms with van der Waals surface area (Å²) >= 11 is 0. The summed E-state index contributed by atoms with van der Waals surface area (Å²) in [4.78, 5) is 0. The third-order valence-corrected chi connectivity index (χ3v) is 8.06. The second kappa shape index (κ2) is 9.94. The minimum absolute atomic E-state index is 0.651. The third-order valence-electron chi connectivity index (χ3n) is 8.06. The van der Waals surface area contributed by atoms with Crippen LogP contribution >= 0.6 is 0 Å². The lowest BCUT2D eigenvalue weighted by atomic mass is 9.88. The zero-order valence-corrected chi connectivity index (χ0v) is 22.9. The van der Waals surface area contributed by atoms with E-state index in [1.165, 1.54) is 43.4 Å². The van der Waals surface area contributed by atoms with Gasteiger partial charge in [0.25, 0.3) is 0 Å². The molecular weight excluding hydrogens is 494 g/mol. The average molecular weight is 522 g/mol. The smallest absolute Gasteiger partial charge is 0.0992 e. The lowest BCUT2D eigenvalue weighted by molar-refractivity contribution is 1.48. The Kier molecular flexibility index (Phi) is 5.96. The number of hydrogen-bond donors (Lipinski definition) is 0. The molecule has 192 valence electrons. The summed E-state index contributed by atoms with van der Waals surface area (Å²) in [5.74, 6) is 0. The molecule has 0 radical (unpaired) electrons. The van der Waals surface area contributed by atoms with Crippen LogP contribution in [0.25, 0.3) is 71.3 Å². The van der Waals surface area contributed by atoms with Crippen molar-refractivity contribution in [3.8, 4) is 39.4 Å². The second-order valence-corrected chi connectivity index (χ2v) is 10.7. The molecule has 0 aliphatic carbocycles. The molecule has 7 rings (SSSR count). The van der Waals surface area contributed by atoms with Crippen molar-refractivity contribution >= 4 is 37.9 Å². The number of rotatable bonds is 4. The Morgan fingerprint density at radius 1 is 0.512 bits per heavy atom. The summed E-state index contributed by atoms with van der Waals surface area (Å²) in [5.41, 5.74) is 9.56. The molecule has 0 amide bonds. The van der Waals surface area contributed by atoms with E-state index in [2.05, 4.69) is 134 Å². The molecular formula is C40H27N. The second-order valence-electron chi connectivity index (χ2n) is 10.7. The highest BCUT2D eigenvalue weighted by Crippen LogP contribution is 2.40.